The molecule has 2 rings (SSSR count). The molecule has 0 saturated carbocycles. The first kappa shape index (κ1) is 17.9. The van der Waals surface area contributed by atoms with Crippen LogP contribution in [0.15, 0.2) is 10.9 Å². The first-order valence-corrected chi connectivity index (χ1v) is 8.07. The van der Waals surface area contributed by atoms with Gasteiger partial charge >= 0.3 is 0 Å². The number of nitrogens with one attached hydrogen (secondary N) is 2. The van der Waals surface area contributed by atoms with Crippen molar-refractivity contribution in [2.24, 2.45) is 5.41 Å². The Kier molecular flexibility index (Phi) is 4.91. The van der Waals surface area contributed by atoms with Crippen LogP contribution in [0, 0.1) is 19.3 Å². The van der Waals surface area contributed by atoms with Crippen LogP contribution < -0.4 is 10.9 Å². The molecular weight excluding hydrogens is 306 g/mol. The fourth-order valence-corrected chi connectivity index (χ4v) is 2.53. The van der Waals surface area contributed by atoms with Gasteiger partial charge in [0.2, 0.25) is 11.9 Å². The van der Waals surface area contributed by atoms with Gasteiger partial charge in [-0.15, -0.1) is 0 Å². The number of aromatic nitrogens is 4. The van der Waals surface area contributed by atoms with Gasteiger partial charge in [0.25, 0.3) is 5.56 Å². The predicted molar refractivity (Wildman–Crippen MR) is 93.5 cm³/mol. The SMILES string of the molecule is CCc1c(C)nc(-n2nc(C)cc2NC(=O)CC(C)(C)C)[nH]c1=O. The van der Waals surface area contributed by atoms with Gasteiger partial charge in [-0.25, -0.2) is 4.98 Å². The summed E-state index contributed by atoms with van der Waals surface area (Å²) < 4.78 is 1.46. The summed E-state index contributed by atoms with van der Waals surface area (Å²) in [5, 5.41) is 7.19. The molecule has 130 valence electrons. The lowest BCUT2D eigenvalue weighted by Crippen LogP contribution is -2.23. The molecule has 1 amide bonds. The van der Waals surface area contributed by atoms with Crippen molar-refractivity contribution >= 4 is 11.7 Å². The Morgan fingerprint density at radius 3 is 2.54 bits per heavy atom. The first-order chi connectivity index (χ1) is 11.1. The minimum absolute atomic E-state index is 0.104. The fraction of sp³-hybridized carbons (Fsp3) is 0.529. The number of aryl methyl sites for hydroxylation is 2. The Labute approximate surface area is 141 Å². The van der Waals surface area contributed by atoms with E-state index in [2.05, 4.69) is 20.4 Å². The van der Waals surface area contributed by atoms with Crippen LogP contribution >= 0.6 is 0 Å². The summed E-state index contributed by atoms with van der Waals surface area (Å²) in [4.78, 5) is 31.5. The van der Waals surface area contributed by atoms with Crippen molar-refractivity contribution in [2.75, 3.05) is 5.32 Å². The quantitative estimate of drug-likeness (QED) is 0.900. The van der Waals surface area contributed by atoms with Gasteiger partial charge in [0, 0.05) is 23.7 Å². The van der Waals surface area contributed by atoms with Gasteiger partial charge in [-0.2, -0.15) is 9.78 Å². The molecule has 0 fully saturated rings. The highest BCUT2D eigenvalue weighted by molar-refractivity contribution is 5.90. The molecule has 2 aromatic heterocycles. The number of anilines is 1. The Morgan fingerprint density at radius 2 is 2.00 bits per heavy atom. The number of hydrogen-bond acceptors (Lipinski definition) is 4. The van der Waals surface area contributed by atoms with Gasteiger partial charge < -0.3 is 5.32 Å². The average Bonchev–Trinajstić information content (AvgIpc) is 2.76. The van der Waals surface area contributed by atoms with Crippen molar-refractivity contribution < 1.29 is 4.79 Å². The molecule has 0 spiro atoms. The van der Waals surface area contributed by atoms with Crippen molar-refractivity contribution in [1.29, 1.82) is 0 Å². The van der Waals surface area contributed by atoms with E-state index in [0.29, 0.717) is 35.9 Å². The van der Waals surface area contributed by atoms with E-state index in [1.807, 2.05) is 34.6 Å². The van der Waals surface area contributed by atoms with Gasteiger partial charge in [0.1, 0.15) is 5.82 Å². The minimum Gasteiger partial charge on any atom is -0.310 e. The van der Waals surface area contributed by atoms with Crippen molar-refractivity contribution in [3.63, 3.8) is 0 Å². The summed E-state index contributed by atoms with van der Waals surface area (Å²) in [5.74, 6) is 0.690. The monoisotopic (exact) mass is 331 g/mol. The normalized spacial score (nSPS) is 11.6. The van der Waals surface area contributed by atoms with E-state index in [1.54, 1.807) is 13.0 Å². The van der Waals surface area contributed by atoms with Crippen LogP contribution in [0.1, 0.15) is 51.1 Å². The maximum Gasteiger partial charge on any atom is 0.255 e. The van der Waals surface area contributed by atoms with E-state index >= 15 is 0 Å². The third-order valence-electron chi connectivity index (χ3n) is 3.55. The van der Waals surface area contributed by atoms with Crippen LogP contribution in [0.2, 0.25) is 0 Å². The molecule has 24 heavy (non-hydrogen) atoms. The molecule has 0 aliphatic heterocycles. The Balaban J connectivity index is 2.39. The van der Waals surface area contributed by atoms with Gasteiger partial charge in [-0.3, -0.25) is 14.6 Å². The third kappa shape index (κ3) is 4.10. The van der Waals surface area contributed by atoms with E-state index in [4.69, 9.17) is 0 Å². The number of rotatable bonds is 4. The maximum absolute atomic E-state index is 12.2. The highest BCUT2D eigenvalue weighted by Gasteiger charge is 2.19. The first-order valence-electron chi connectivity index (χ1n) is 8.07. The lowest BCUT2D eigenvalue weighted by molar-refractivity contribution is -0.117. The maximum atomic E-state index is 12.2. The zero-order chi connectivity index (χ0) is 18.1. The molecular formula is C17H25N5O2. The standard InChI is InChI=1S/C17H25N5O2/c1-7-12-11(3)18-16(20-15(12)24)22-13(8-10(2)21-22)19-14(23)9-17(4,5)6/h8H,7,9H2,1-6H3,(H,19,23)(H,18,20,24). The van der Waals surface area contributed by atoms with E-state index in [0.717, 1.165) is 5.69 Å². The fourth-order valence-electron chi connectivity index (χ4n) is 2.53. The minimum atomic E-state index is -0.180. The summed E-state index contributed by atoms with van der Waals surface area (Å²) in [6.07, 6.45) is 0.997. The van der Waals surface area contributed by atoms with Gasteiger partial charge in [-0.05, 0) is 25.7 Å². The van der Waals surface area contributed by atoms with Crippen molar-refractivity contribution in [3.8, 4) is 5.95 Å². The van der Waals surface area contributed by atoms with Gasteiger partial charge in [-0.1, -0.05) is 27.7 Å². The zero-order valence-electron chi connectivity index (χ0n) is 15.1. The van der Waals surface area contributed by atoms with Crippen LogP contribution in [-0.2, 0) is 11.2 Å². The lowest BCUT2D eigenvalue weighted by Gasteiger charge is -2.17. The second-order valence-electron chi connectivity index (χ2n) is 7.18. The molecule has 0 saturated heterocycles. The van der Waals surface area contributed by atoms with Crippen molar-refractivity contribution in [3.05, 3.63) is 33.4 Å². The third-order valence-corrected chi connectivity index (χ3v) is 3.55. The second kappa shape index (κ2) is 6.59. The van der Waals surface area contributed by atoms with Crippen molar-refractivity contribution in [1.82, 2.24) is 19.7 Å². The molecule has 7 heteroatoms. The topological polar surface area (TPSA) is 92.7 Å². The molecule has 2 heterocycles. The summed E-state index contributed by atoms with van der Waals surface area (Å²) in [5.41, 5.74) is 1.74. The molecule has 0 aliphatic rings. The van der Waals surface area contributed by atoms with E-state index in [1.165, 1.54) is 4.68 Å². The van der Waals surface area contributed by atoms with Crippen LogP contribution in [0.3, 0.4) is 0 Å². The van der Waals surface area contributed by atoms with E-state index in [9.17, 15) is 9.59 Å². The number of amides is 1. The van der Waals surface area contributed by atoms with Crippen LogP contribution in [0.25, 0.3) is 5.95 Å². The van der Waals surface area contributed by atoms with Crippen LogP contribution in [-0.4, -0.2) is 25.7 Å². The summed E-state index contributed by atoms with van der Waals surface area (Å²) in [6.45, 7) is 11.5. The second-order valence-corrected chi connectivity index (χ2v) is 7.18. The van der Waals surface area contributed by atoms with Gasteiger partial charge in [0.05, 0.1) is 5.69 Å². The van der Waals surface area contributed by atoms with Crippen LogP contribution in [0.4, 0.5) is 5.82 Å². The molecule has 0 atom stereocenters. The number of carbonyl (C=O) groups is 1. The smallest absolute Gasteiger partial charge is 0.255 e. The Bertz CT molecular complexity index is 811. The number of aromatic amines is 1. The summed E-state index contributed by atoms with van der Waals surface area (Å²) in [6, 6.07) is 1.75. The molecule has 0 aromatic carbocycles. The lowest BCUT2D eigenvalue weighted by atomic mass is 9.92. The average molecular weight is 331 g/mol. The highest BCUT2D eigenvalue weighted by Crippen LogP contribution is 2.21. The predicted octanol–water partition coefficient (Wildman–Crippen LogP) is 2.51. The summed E-state index contributed by atoms with van der Waals surface area (Å²) >= 11 is 0. The Morgan fingerprint density at radius 1 is 1.33 bits per heavy atom. The summed E-state index contributed by atoms with van der Waals surface area (Å²) in [7, 11) is 0. The van der Waals surface area contributed by atoms with E-state index in [-0.39, 0.29) is 16.9 Å². The molecule has 0 bridgehead atoms. The largest absolute Gasteiger partial charge is 0.310 e. The number of nitrogens with zero attached hydrogens (tertiary/aromatic N) is 3. The molecule has 0 radical (unpaired) electrons. The zero-order valence-corrected chi connectivity index (χ0v) is 15.1. The molecule has 2 N–H and O–H groups in total. The molecule has 0 aliphatic carbocycles. The van der Waals surface area contributed by atoms with Crippen LogP contribution in [0.5, 0.6) is 0 Å². The number of carbonyl (C=O) groups excluding carboxylic acids is 1. The van der Waals surface area contributed by atoms with E-state index < -0.39 is 0 Å². The van der Waals surface area contributed by atoms with Gasteiger partial charge in [0.15, 0.2) is 0 Å². The molecule has 0 unspecified atom stereocenters. The molecule has 7 nitrogen and oxygen atoms in total. The number of H-pyrrole nitrogens is 1. The highest BCUT2D eigenvalue weighted by atomic mass is 16.1. The number of hydrogen-bond donors (Lipinski definition) is 2. The molecule has 2 aromatic rings. The van der Waals surface area contributed by atoms with Crippen molar-refractivity contribution in [2.45, 2.75) is 54.4 Å². The Hall–Kier alpha value is -2.44.